The summed E-state index contributed by atoms with van der Waals surface area (Å²) in [5.41, 5.74) is 2.01. The highest BCUT2D eigenvalue weighted by Gasteiger charge is 2.24. The molecule has 0 saturated carbocycles. The van der Waals surface area contributed by atoms with Gasteiger partial charge >= 0.3 is 6.03 Å². The second-order valence-electron chi connectivity index (χ2n) is 7.93. The van der Waals surface area contributed by atoms with E-state index in [0.29, 0.717) is 43.2 Å². The fraction of sp³-hybridized carbons (Fsp3) is 0.333. The highest BCUT2D eigenvalue weighted by molar-refractivity contribution is 5.74. The van der Waals surface area contributed by atoms with Crippen molar-refractivity contribution in [2.75, 3.05) is 25.1 Å². The van der Waals surface area contributed by atoms with Crippen LogP contribution in [0, 0.1) is 0 Å². The van der Waals surface area contributed by atoms with Crippen LogP contribution >= 0.6 is 0 Å². The quantitative estimate of drug-likeness (QED) is 0.539. The Morgan fingerprint density at radius 1 is 1.27 bits per heavy atom. The van der Waals surface area contributed by atoms with Gasteiger partial charge in [-0.1, -0.05) is 18.2 Å². The number of allylic oxidation sites excluding steroid dienone is 1. The van der Waals surface area contributed by atoms with Gasteiger partial charge in [-0.05, 0) is 42.7 Å². The molecule has 0 atom stereocenters. The van der Waals surface area contributed by atoms with Crippen molar-refractivity contribution in [3.63, 3.8) is 0 Å². The Kier molecular flexibility index (Phi) is 6.87. The molecule has 9 nitrogen and oxygen atoms in total. The Hall–Kier alpha value is -3.88. The van der Waals surface area contributed by atoms with Gasteiger partial charge in [0, 0.05) is 38.4 Å². The Morgan fingerprint density at radius 3 is 2.85 bits per heavy atom. The average molecular weight is 449 g/mol. The monoisotopic (exact) mass is 448 g/mol. The lowest BCUT2D eigenvalue weighted by molar-refractivity contribution is 0.234. The van der Waals surface area contributed by atoms with Gasteiger partial charge in [0.05, 0.1) is 7.11 Å². The second-order valence-corrected chi connectivity index (χ2v) is 7.93. The van der Waals surface area contributed by atoms with E-state index in [-0.39, 0.29) is 17.6 Å². The number of ether oxygens (including phenoxy) is 1. The maximum atomic E-state index is 13.1. The van der Waals surface area contributed by atoms with Crippen LogP contribution in [-0.4, -0.2) is 46.8 Å². The molecular formula is C24H28N6O3. The maximum absolute atomic E-state index is 13.1. The van der Waals surface area contributed by atoms with Gasteiger partial charge in [-0.15, -0.1) is 6.58 Å². The van der Waals surface area contributed by atoms with E-state index in [1.54, 1.807) is 23.9 Å². The van der Waals surface area contributed by atoms with Crippen LogP contribution in [0.1, 0.15) is 18.4 Å². The molecule has 2 aromatic heterocycles. The zero-order chi connectivity index (χ0) is 23.2. The van der Waals surface area contributed by atoms with E-state index in [1.165, 1.54) is 0 Å². The van der Waals surface area contributed by atoms with Crippen molar-refractivity contribution in [1.82, 2.24) is 25.2 Å². The van der Waals surface area contributed by atoms with Crippen LogP contribution < -0.4 is 25.8 Å². The third kappa shape index (κ3) is 5.14. The summed E-state index contributed by atoms with van der Waals surface area (Å²) in [6, 6.07) is 11.1. The molecule has 0 radical (unpaired) electrons. The summed E-state index contributed by atoms with van der Waals surface area (Å²) < 4.78 is 6.81. The zero-order valence-corrected chi connectivity index (χ0v) is 18.7. The molecule has 2 N–H and O–H groups in total. The smallest absolute Gasteiger partial charge is 0.315 e. The Bertz CT molecular complexity index is 1200. The van der Waals surface area contributed by atoms with Crippen LogP contribution in [0.25, 0.3) is 11.2 Å². The minimum absolute atomic E-state index is 0.0316. The van der Waals surface area contributed by atoms with Gasteiger partial charge in [0.1, 0.15) is 11.3 Å². The number of methoxy groups -OCH3 is 1. The minimum atomic E-state index is -0.209. The number of urea groups is 1. The number of piperidine rings is 1. The van der Waals surface area contributed by atoms with E-state index in [9.17, 15) is 9.59 Å². The summed E-state index contributed by atoms with van der Waals surface area (Å²) in [4.78, 5) is 36.3. The number of hydrogen-bond donors (Lipinski definition) is 2. The summed E-state index contributed by atoms with van der Waals surface area (Å²) in [7, 11) is 1.62. The molecule has 1 aliphatic rings. The number of amides is 2. The van der Waals surface area contributed by atoms with Gasteiger partial charge in [-0.25, -0.2) is 14.8 Å². The van der Waals surface area contributed by atoms with E-state index in [1.807, 2.05) is 41.3 Å². The lowest BCUT2D eigenvalue weighted by Crippen LogP contribution is -2.49. The van der Waals surface area contributed by atoms with Crippen molar-refractivity contribution < 1.29 is 9.53 Å². The van der Waals surface area contributed by atoms with Crippen LogP contribution in [0.4, 0.5) is 10.6 Å². The number of carbonyl (C=O) groups excluding carboxylic acids is 1. The van der Waals surface area contributed by atoms with Gasteiger partial charge in [-0.3, -0.25) is 9.36 Å². The predicted octanol–water partition coefficient (Wildman–Crippen LogP) is 2.45. The van der Waals surface area contributed by atoms with Crippen LogP contribution in [0.2, 0.25) is 0 Å². The van der Waals surface area contributed by atoms with Crippen molar-refractivity contribution >= 4 is 23.0 Å². The summed E-state index contributed by atoms with van der Waals surface area (Å²) in [5.74, 6) is 1.17. The number of benzene rings is 1. The number of fused-ring (bicyclic) bond motifs is 1. The first-order valence-electron chi connectivity index (χ1n) is 11.0. The fourth-order valence-electron chi connectivity index (χ4n) is 4.00. The van der Waals surface area contributed by atoms with Crippen LogP contribution in [0.5, 0.6) is 5.75 Å². The van der Waals surface area contributed by atoms with E-state index in [4.69, 9.17) is 4.74 Å². The lowest BCUT2D eigenvalue weighted by Gasteiger charge is -2.33. The van der Waals surface area contributed by atoms with Gasteiger partial charge in [0.25, 0.3) is 5.56 Å². The molecule has 172 valence electrons. The molecule has 1 aliphatic heterocycles. The first kappa shape index (κ1) is 22.3. The Morgan fingerprint density at radius 2 is 2.09 bits per heavy atom. The molecule has 3 heterocycles. The number of pyridine rings is 1. The summed E-state index contributed by atoms with van der Waals surface area (Å²) in [5, 5.41) is 5.92. The van der Waals surface area contributed by atoms with Gasteiger partial charge in [0.2, 0.25) is 0 Å². The fourth-order valence-corrected chi connectivity index (χ4v) is 4.00. The molecule has 0 aliphatic carbocycles. The molecule has 0 spiro atoms. The number of hydrogen-bond acceptors (Lipinski definition) is 6. The van der Waals surface area contributed by atoms with Crippen LogP contribution in [-0.2, 0) is 13.1 Å². The van der Waals surface area contributed by atoms with E-state index < -0.39 is 0 Å². The summed E-state index contributed by atoms with van der Waals surface area (Å²) >= 11 is 0. The molecule has 2 amide bonds. The molecular weight excluding hydrogens is 420 g/mol. The number of nitrogens with zero attached hydrogens (tertiary/aromatic N) is 4. The van der Waals surface area contributed by atoms with Gasteiger partial charge in [0.15, 0.2) is 11.5 Å². The first-order valence-corrected chi connectivity index (χ1v) is 11.0. The normalized spacial score (nSPS) is 14.2. The molecule has 1 fully saturated rings. The van der Waals surface area contributed by atoms with Crippen molar-refractivity contribution in [3.05, 3.63) is 71.2 Å². The molecule has 9 heteroatoms. The number of carbonyl (C=O) groups is 1. The van der Waals surface area contributed by atoms with Crippen molar-refractivity contribution in [3.8, 4) is 5.75 Å². The first-order chi connectivity index (χ1) is 16.1. The number of aromatic nitrogens is 3. The van der Waals surface area contributed by atoms with Gasteiger partial charge < -0.3 is 20.3 Å². The van der Waals surface area contributed by atoms with E-state index in [0.717, 1.165) is 24.2 Å². The van der Waals surface area contributed by atoms with Crippen LogP contribution in [0.15, 0.2) is 60.0 Å². The second kappa shape index (κ2) is 10.2. The van der Waals surface area contributed by atoms with Crippen molar-refractivity contribution in [2.45, 2.75) is 32.0 Å². The zero-order valence-electron chi connectivity index (χ0n) is 18.7. The Labute approximate surface area is 192 Å². The highest BCUT2D eigenvalue weighted by Crippen LogP contribution is 2.18. The van der Waals surface area contributed by atoms with Gasteiger partial charge in [-0.2, -0.15) is 0 Å². The predicted molar refractivity (Wildman–Crippen MR) is 128 cm³/mol. The number of rotatable bonds is 7. The number of anilines is 1. The third-order valence-corrected chi connectivity index (χ3v) is 5.71. The van der Waals surface area contributed by atoms with Crippen LogP contribution in [0.3, 0.4) is 0 Å². The molecule has 33 heavy (non-hydrogen) atoms. The maximum Gasteiger partial charge on any atom is 0.315 e. The lowest BCUT2D eigenvalue weighted by atomic mass is 10.1. The SMILES string of the molecule is C=CCn1c(=O)c(N2CCC(NC(=O)NCc3cccc(OC)c3)CC2)nc2cccnc21. The van der Waals surface area contributed by atoms with E-state index in [2.05, 4.69) is 27.2 Å². The van der Waals surface area contributed by atoms with Crippen molar-refractivity contribution in [1.29, 1.82) is 0 Å². The number of nitrogens with one attached hydrogen (secondary N) is 2. The summed E-state index contributed by atoms with van der Waals surface area (Å²) in [6.45, 7) is 5.79. The van der Waals surface area contributed by atoms with E-state index >= 15 is 0 Å². The average Bonchev–Trinajstić information content (AvgIpc) is 2.85. The highest BCUT2D eigenvalue weighted by atomic mass is 16.5. The molecule has 4 rings (SSSR count). The van der Waals surface area contributed by atoms with Crippen molar-refractivity contribution in [2.24, 2.45) is 0 Å². The molecule has 3 aromatic rings. The third-order valence-electron chi connectivity index (χ3n) is 5.71. The molecule has 1 aromatic carbocycles. The standard InChI is InChI=1S/C24H28N6O3/c1-3-12-30-21-20(8-5-11-25-21)28-22(23(30)31)29-13-9-18(10-14-29)27-24(32)26-16-17-6-4-7-19(15-17)33-2/h3-8,11,15,18H,1,9-10,12-14,16H2,2H3,(H2,26,27,32). The largest absolute Gasteiger partial charge is 0.497 e. The topological polar surface area (TPSA) is 101 Å². The molecule has 0 bridgehead atoms. The molecule has 0 unspecified atom stereocenters. The summed E-state index contributed by atoms with van der Waals surface area (Å²) in [6.07, 6.45) is 4.78. The molecule has 1 saturated heterocycles. The Balaban J connectivity index is 1.36. The minimum Gasteiger partial charge on any atom is -0.497 e.